The lowest BCUT2D eigenvalue weighted by atomic mass is 10.2. The lowest BCUT2D eigenvalue weighted by Gasteiger charge is -2.17. The minimum Gasteiger partial charge on any atom is -0.207 e. The van der Waals surface area contributed by atoms with Crippen LogP contribution in [0.3, 0.4) is 0 Å². The molecule has 0 aliphatic heterocycles. The van der Waals surface area contributed by atoms with Gasteiger partial charge in [0.05, 0.1) is 4.90 Å². The van der Waals surface area contributed by atoms with Gasteiger partial charge in [0, 0.05) is 18.9 Å². The van der Waals surface area contributed by atoms with Gasteiger partial charge in [-0.05, 0) is 35.4 Å². The van der Waals surface area contributed by atoms with Crippen molar-refractivity contribution < 1.29 is 12.8 Å². The maximum atomic E-state index is 12.9. The molecule has 2 aromatic carbocycles. The molecule has 2 rings (SSSR count). The molecular formula is C15H15BrFNO2S. The van der Waals surface area contributed by atoms with E-state index in [1.165, 1.54) is 23.5 Å². The van der Waals surface area contributed by atoms with Crippen molar-refractivity contribution in [3.05, 3.63) is 65.5 Å². The molecule has 3 nitrogen and oxygen atoms in total. The van der Waals surface area contributed by atoms with Crippen molar-refractivity contribution in [3.63, 3.8) is 0 Å². The van der Waals surface area contributed by atoms with E-state index in [2.05, 4.69) is 15.9 Å². The highest BCUT2D eigenvalue weighted by molar-refractivity contribution is 9.08. The highest BCUT2D eigenvalue weighted by atomic mass is 79.9. The monoisotopic (exact) mass is 371 g/mol. The Kier molecular flexibility index (Phi) is 5.13. The molecule has 2 aromatic rings. The van der Waals surface area contributed by atoms with Crippen LogP contribution in [0.4, 0.5) is 4.39 Å². The molecule has 6 heteroatoms. The van der Waals surface area contributed by atoms with E-state index in [4.69, 9.17) is 0 Å². The van der Waals surface area contributed by atoms with Gasteiger partial charge in [-0.2, -0.15) is 4.31 Å². The number of halogens is 2. The van der Waals surface area contributed by atoms with Crippen LogP contribution in [-0.4, -0.2) is 19.8 Å². The number of sulfonamides is 1. The molecule has 0 spiro atoms. The second-order valence-corrected chi connectivity index (χ2v) is 7.27. The largest absolute Gasteiger partial charge is 0.243 e. The lowest BCUT2D eigenvalue weighted by Crippen LogP contribution is -2.26. The summed E-state index contributed by atoms with van der Waals surface area (Å²) < 4.78 is 39.0. The second kappa shape index (κ2) is 6.68. The first kappa shape index (κ1) is 16.1. The van der Waals surface area contributed by atoms with Gasteiger partial charge in [0.15, 0.2) is 0 Å². The molecule has 0 fully saturated rings. The van der Waals surface area contributed by atoms with Gasteiger partial charge in [0.25, 0.3) is 0 Å². The average molecular weight is 372 g/mol. The number of benzene rings is 2. The average Bonchev–Trinajstić information content (AvgIpc) is 2.49. The van der Waals surface area contributed by atoms with Crippen LogP contribution in [0.1, 0.15) is 11.1 Å². The van der Waals surface area contributed by atoms with E-state index < -0.39 is 10.0 Å². The minimum absolute atomic E-state index is 0.197. The van der Waals surface area contributed by atoms with Crippen LogP contribution in [0.5, 0.6) is 0 Å². The summed E-state index contributed by atoms with van der Waals surface area (Å²) in [6.07, 6.45) is 0. The summed E-state index contributed by atoms with van der Waals surface area (Å²) in [7, 11) is -2.04. The Morgan fingerprint density at radius 3 is 2.05 bits per heavy atom. The highest BCUT2D eigenvalue weighted by Gasteiger charge is 2.20. The van der Waals surface area contributed by atoms with Crippen molar-refractivity contribution in [2.75, 3.05) is 7.05 Å². The van der Waals surface area contributed by atoms with Crippen molar-refractivity contribution >= 4 is 26.0 Å². The Balaban J connectivity index is 2.19. The standard InChI is InChI=1S/C15H15BrFNO2S/c1-18(11-13-2-6-14(17)7-3-13)21(19,20)15-8-4-12(10-16)5-9-15/h2-9H,10-11H2,1H3. The van der Waals surface area contributed by atoms with Crippen molar-refractivity contribution in [3.8, 4) is 0 Å². The number of hydrogen-bond acceptors (Lipinski definition) is 2. The number of rotatable bonds is 5. The molecule has 0 atom stereocenters. The molecule has 0 saturated carbocycles. The van der Waals surface area contributed by atoms with E-state index in [1.54, 1.807) is 36.4 Å². The van der Waals surface area contributed by atoms with Crippen LogP contribution in [0.25, 0.3) is 0 Å². The van der Waals surface area contributed by atoms with Crippen LogP contribution < -0.4 is 0 Å². The van der Waals surface area contributed by atoms with E-state index in [-0.39, 0.29) is 17.3 Å². The van der Waals surface area contributed by atoms with E-state index >= 15 is 0 Å². The first-order valence-electron chi connectivity index (χ1n) is 6.29. The van der Waals surface area contributed by atoms with Crippen LogP contribution in [-0.2, 0) is 21.9 Å². The quantitative estimate of drug-likeness (QED) is 0.753. The summed E-state index contributed by atoms with van der Waals surface area (Å²) in [5.74, 6) is -0.338. The smallest absolute Gasteiger partial charge is 0.207 e. The lowest BCUT2D eigenvalue weighted by molar-refractivity contribution is 0.466. The van der Waals surface area contributed by atoms with Crippen LogP contribution in [0.15, 0.2) is 53.4 Å². The Morgan fingerprint density at radius 1 is 1.00 bits per heavy atom. The van der Waals surface area contributed by atoms with E-state index in [0.29, 0.717) is 5.33 Å². The van der Waals surface area contributed by atoms with Crippen molar-refractivity contribution in [2.45, 2.75) is 16.8 Å². The first-order valence-corrected chi connectivity index (χ1v) is 8.85. The maximum Gasteiger partial charge on any atom is 0.243 e. The van der Waals surface area contributed by atoms with Crippen LogP contribution >= 0.6 is 15.9 Å². The fraction of sp³-hybridized carbons (Fsp3) is 0.200. The fourth-order valence-corrected chi connectivity index (χ4v) is 3.40. The van der Waals surface area contributed by atoms with Crippen molar-refractivity contribution in [1.29, 1.82) is 0 Å². The molecule has 0 heterocycles. The van der Waals surface area contributed by atoms with Gasteiger partial charge < -0.3 is 0 Å². The SMILES string of the molecule is CN(Cc1ccc(F)cc1)S(=O)(=O)c1ccc(CBr)cc1. The summed E-state index contributed by atoms with van der Waals surface area (Å²) in [4.78, 5) is 0.247. The molecule has 21 heavy (non-hydrogen) atoms. The third kappa shape index (κ3) is 3.90. The molecule has 0 amide bonds. The third-order valence-electron chi connectivity index (χ3n) is 3.10. The Labute approximate surface area is 132 Å². The van der Waals surface area contributed by atoms with Gasteiger partial charge in [-0.25, -0.2) is 12.8 Å². The summed E-state index contributed by atoms with van der Waals surface area (Å²) in [6, 6.07) is 12.5. The van der Waals surface area contributed by atoms with Crippen LogP contribution in [0, 0.1) is 5.82 Å². The Morgan fingerprint density at radius 2 is 1.52 bits per heavy atom. The Hall–Kier alpha value is -1.24. The van der Waals surface area contributed by atoms with E-state index in [1.807, 2.05) is 0 Å². The zero-order valence-corrected chi connectivity index (χ0v) is 13.9. The summed E-state index contributed by atoms with van der Waals surface area (Å²) in [5, 5.41) is 0.679. The van der Waals surface area contributed by atoms with Gasteiger partial charge >= 0.3 is 0 Å². The molecule has 0 aromatic heterocycles. The van der Waals surface area contributed by atoms with Crippen LogP contribution in [0.2, 0.25) is 0 Å². The molecule has 0 saturated heterocycles. The molecule has 0 aliphatic rings. The second-order valence-electron chi connectivity index (χ2n) is 4.67. The van der Waals surface area contributed by atoms with E-state index in [0.717, 1.165) is 11.1 Å². The third-order valence-corrected chi connectivity index (χ3v) is 5.57. The van der Waals surface area contributed by atoms with Gasteiger partial charge in [-0.1, -0.05) is 40.2 Å². The normalized spacial score (nSPS) is 11.8. The molecule has 0 bridgehead atoms. The summed E-state index contributed by atoms with van der Waals surface area (Å²) in [6.45, 7) is 0.197. The van der Waals surface area contributed by atoms with E-state index in [9.17, 15) is 12.8 Å². The number of alkyl halides is 1. The molecular weight excluding hydrogens is 357 g/mol. The summed E-state index contributed by atoms with van der Waals surface area (Å²) >= 11 is 3.32. The fourth-order valence-electron chi connectivity index (χ4n) is 1.86. The minimum atomic E-state index is -3.55. The first-order chi connectivity index (χ1) is 9.93. The summed E-state index contributed by atoms with van der Waals surface area (Å²) in [5.41, 5.74) is 1.75. The van der Waals surface area contributed by atoms with Gasteiger partial charge in [-0.15, -0.1) is 0 Å². The van der Waals surface area contributed by atoms with Crippen molar-refractivity contribution in [2.24, 2.45) is 0 Å². The zero-order valence-electron chi connectivity index (χ0n) is 11.5. The van der Waals surface area contributed by atoms with Gasteiger partial charge in [0.1, 0.15) is 5.82 Å². The molecule has 0 radical (unpaired) electrons. The molecule has 0 aliphatic carbocycles. The molecule has 0 N–H and O–H groups in total. The van der Waals surface area contributed by atoms with Gasteiger partial charge in [0.2, 0.25) is 10.0 Å². The molecule has 0 unspecified atom stereocenters. The number of nitrogens with zero attached hydrogens (tertiary/aromatic N) is 1. The highest BCUT2D eigenvalue weighted by Crippen LogP contribution is 2.18. The number of hydrogen-bond donors (Lipinski definition) is 0. The predicted molar refractivity (Wildman–Crippen MR) is 84.1 cm³/mol. The van der Waals surface area contributed by atoms with Gasteiger partial charge in [-0.3, -0.25) is 0 Å². The predicted octanol–water partition coefficient (Wildman–Crippen LogP) is 3.54. The maximum absolute atomic E-state index is 12.9. The topological polar surface area (TPSA) is 37.4 Å². The Bertz CT molecular complexity index is 699. The molecule has 112 valence electrons. The van der Waals surface area contributed by atoms with Crippen molar-refractivity contribution in [1.82, 2.24) is 4.31 Å². The zero-order chi connectivity index (χ0) is 15.5.